The van der Waals surface area contributed by atoms with Crippen LogP contribution in [0.1, 0.15) is 72.6 Å². The molecule has 0 N–H and O–H groups in total. The highest BCUT2D eigenvalue weighted by Gasteiger charge is 2.46. The lowest BCUT2D eigenvalue weighted by Crippen LogP contribution is -2.44. The summed E-state index contributed by atoms with van der Waals surface area (Å²) in [4.78, 5) is 24.2. The first-order valence-electron chi connectivity index (χ1n) is 9.67. The van der Waals surface area contributed by atoms with Gasteiger partial charge in [-0.05, 0) is 72.0 Å². The molecule has 0 aromatic heterocycles. The van der Waals surface area contributed by atoms with E-state index in [4.69, 9.17) is 4.74 Å². The van der Waals surface area contributed by atoms with E-state index < -0.39 is 5.41 Å². The Bertz CT molecular complexity index is 659. The molecule has 0 radical (unpaired) electrons. The van der Waals surface area contributed by atoms with Gasteiger partial charge in [0.15, 0.2) is 5.78 Å². The Labute approximate surface area is 157 Å². The third-order valence-corrected chi connectivity index (χ3v) is 5.31. The summed E-state index contributed by atoms with van der Waals surface area (Å²) in [5, 5.41) is 0. The van der Waals surface area contributed by atoms with Gasteiger partial charge in [-0.1, -0.05) is 34.9 Å². The molecule has 2 rings (SSSR count). The summed E-state index contributed by atoms with van der Waals surface area (Å²) in [5.41, 5.74) is 3.51. The zero-order valence-electron chi connectivity index (χ0n) is 16.6. The van der Waals surface area contributed by atoms with Crippen LogP contribution in [0.5, 0.6) is 0 Å². The summed E-state index contributed by atoms with van der Waals surface area (Å²) < 4.78 is 5.26. The van der Waals surface area contributed by atoms with E-state index in [0.717, 1.165) is 25.7 Å². The van der Waals surface area contributed by atoms with E-state index in [0.29, 0.717) is 12.8 Å². The summed E-state index contributed by atoms with van der Waals surface area (Å²) in [6, 6.07) is 0. The maximum Gasteiger partial charge on any atom is 0.307 e. The SMILES string of the molecule is CC(C)=CCC/C(C)=C/CC/C(C)=C/CC12CC(=O)OC(C=CC1=O)C2. The predicted molar refractivity (Wildman–Crippen MR) is 106 cm³/mol. The number of hydrogen-bond donors (Lipinski definition) is 0. The Morgan fingerprint density at radius 2 is 1.73 bits per heavy atom. The van der Waals surface area contributed by atoms with Crippen LogP contribution in [0.4, 0.5) is 0 Å². The monoisotopic (exact) mass is 356 g/mol. The number of ketones is 1. The summed E-state index contributed by atoms with van der Waals surface area (Å²) in [5.74, 6) is -0.176. The third kappa shape index (κ3) is 5.82. The maximum atomic E-state index is 12.4. The molecule has 2 atom stereocenters. The number of carbonyl (C=O) groups excluding carboxylic acids is 2. The molecule has 0 aromatic carbocycles. The zero-order chi connectivity index (χ0) is 19.2. The smallest absolute Gasteiger partial charge is 0.307 e. The van der Waals surface area contributed by atoms with Gasteiger partial charge in [0.05, 0.1) is 11.8 Å². The first-order valence-corrected chi connectivity index (χ1v) is 9.67. The van der Waals surface area contributed by atoms with E-state index in [9.17, 15) is 9.59 Å². The summed E-state index contributed by atoms with van der Waals surface area (Å²) in [6.45, 7) is 8.57. The van der Waals surface area contributed by atoms with Crippen LogP contribution in [0.15, 0.2) is 47.1 Å². The minimum absolute atomic E-state index is 0.0736. The van der Waals surface area contributed by atoms with Gasteiger partial charge in [-0.25, -0.2) is 0 Å². The number of allylic oxidation sites excluding steroid dienone is 7. The minimum Gasteiger partial charge on any atom is -0.458 e. The van der Waals surface area contributed by atoms with Crippen molar-refractivity contribution in [1.29, 1.82) is 0 Å². The van der Waals surface area contributed by atoms with Crippen LogP contribution in [0.25, 0.3) is 0 Å². The van der Waals surface area contributed by atoms with E-state index in [1.54, 1.807) is 12.2 Å². The zero-order valence-corrected chi connectivity index (χ0v) is 16.6. The number of rotatable bonds is 8. The molecule has 1 saturated heterocycles. The van der Waals surface area contributed by atoms with Gasteiger partial charge in [-0.15, -0.1) is 0 Å². The van der Waals surface area contributed by atoms with E-state index in [-0.39, 0.29) is 24.3 Å². The standard InChI is InChI=1S/C23H32O3/c1-17(2)7-5-8-18(3)9-6-10-19(4)13-14-23-15-20(11-12-21(23)24)26-22(25)16-23/h7,9,11-13,20H,5-6,8,10,14-16H2,1-4H3/b18-9+,19-13+. The van der Waals surface area contributed by atoms with Crippen molar-refractivity contribution in [3.63, 3.8) is 0 Å². The highest BCUT2D eigenvalue weighted by Crippen LogP contribution is 2.42. The van der Waals surface area contributed by atoms with Crippen molar-refractivity contribution in [3.05, 3.63) is 47.1 Å². The summed E-state index contributed by atoms with van der Waals surface area (Å²) >= 11 is 0. The Kier molecular flexibility index (Phi) is 7.19. The van der Waals surface area contributed by atoms with Crippen LogP contribution in [0.2, 0.25) is 0 Å². The van der Waals surface area contributed by atoms with Crippen LogP contribution in [0.3, 0.4) is 0 Å². The van der Waals surface area contributed by atoms with Gasteiger partial charge in [0.1, 0.15) is 6.10 Å². The van der Waals surface area contributed by atoms with Gasteiger partial charge in [0.2, 0.25) is 0 Å². The van der Waals surface area contributed by atoms with Crippen LogP contribution in [-0.4, -0.2) is 17.9 Å². The van der Waals surface area contributed by atoms with Gasteiger partial charge in [0.25, 0.3) is 0 Å². The second kappa shape index (κ2) is 9.16. The van der Waals surface area contributed by atoms with Crippen LogP contribution >= 0.6 is 0 Å². The van der Waals surface area contributed by atoms with Gasteiger partial charge >= 0.3 is 5.97 Å². The number of esters is 1. The molecule has 2 aliphatic rings. The molecule has 0 aromatic rings. The predicted octanol–water partition coefficient (Wildman–Crippen LogP) is 5.63. The molecule has 3 nitrogen and oxygen atoms in total. The van der Waals surface area contributed by atoms with E-state index in [2.05, 4.69) is 45.9 Å². The highest BCUT2D eigenvalue weighted by molar-refractivity contribution is 5.99. The molecule has 26 heavy (non-hydrogen) atoms. The molecule has 0 spiro atoms. The summed E-state index contributed by atoms with van der Waals surface area (Å²) in [6.07, 6.45) is 15.5. The number of carbonyl (C=O) groups is 2. The van der Waals surface area contributed by atoms with Crippen molar-refractivity contribution in [2.75, 3.05) is 0 Å². The molecule has 2 unspecified atom stereocenters. The minimum atomic E-state index is -0.577. The molecule has 2 bridgehead atoms. The molecule has 0 saturated carbocycles. The molecular weight excluding hydrogens is 324 g/mol. The fourth-order valence-electron chi connectivity index (χ4n) is 3.62. The van der Waals surface area contributed by atoms with Gasteiger partial charge < -0.3 is 4.74 Å². The highest BCUT2D eigenvalue weighted by atomic mass is 16.5. The van der Waals surface area contributed by atoms with E-state index in [1.807, 2.05) is 0 Å². The van der Waals surface area contributed by atoms with E-state index >= 15 is 0 Å². The fourth-order valence-corrected chi connectivity index (χ4v) is 3.62. The normalized spacial score (nSPS) is 25.9. The molecule has 1 aliphatic heterocycles. The van der Waals surface area contributed by atoms with E-state index in [1.165, 1.54) is 16.7 Å². The lowest BCUT2D eigenvalue weighted by molar-refractivity contribution is -0.163. The van der Waals surface area contributed by atoms with Gasteiger partial charge in [-0.3, -0.25) is 9.59 Å². The number of hydrogen-bond acceptors (Lipinski definition) is 3. The average molecular weight is 357 g/mol. The van der Waals surface area contributed by atoms with Crippen molar-refractivity contribution in [1.82, 2.24) is 0 Å². The molecule has 142 valence electrons. The quantitative estimate of drug-likeness (QED) is 0.418. The third-order valence-electron chi connectivity index (χ3n) is 5.31. The molecule has 3 heteroatoms. The van der Waals surface area contributed by atoms with Gasteiger partial charge in [-0.2, -0.15) is 0 Å². The Balaban J connectivity index is 1.86. The second-order valence-corrected chi connectivity index (χ2v) is 8.08. The molecule has 1 fully saturated rings. The maximum absolute atomic E-state index is 12.4. The van der Waals surface area contributed by atoms with Crippen molar-refractivity contribution in [2.24, 2.45) is 5.41 Å². The Hall–Kier alpha value is -1.90. The van der Waals surface area contributed by atoms with Crippen molar-refractivity contribution in [2.45, 2.75) is 78.7 Å². The first kappa shape index (κ1) is 20.4. The Morgan fingerprint density at radius 3 is 2.42 bits per heavy atom. The molecule has 0 amide bonds. The second-order valence-electron chi connectivity index (χ2n) is 8.08. The molecular formula is C23H32O3. The van der Waals surface area contributed by atoms with Crippen molar-refractivity contribution in [3.8, 4) is 0 Å². The summed E-state index contributed by atoms with van der Waals surface area (Å²) in [7, 11) is 0. The van der Waals surface area contributed by atoms with Crippen molar-refractivity contribution >= 4 is 11.8 Å². The fraction of sp³-hybridized carbons (Fsp3) is 0.565. The van der Waals surface area contributed by atoms with Crippen LogP contribution < -0.4 is 0 Å². The molecule has 1 aliphatic carbocycles. The number of fused-ring (bicyclic) bond motifs is 2. The number of ether oxygens (including phenoxy) is 1. The average Bonchev–Trinajstić information content (AvgIpc) is 2.56. The lowest BCUT2D eigenvalue weighted by Gasteiger charge is -2.39. The first-order chi connectivity index (χ1) is 12.3. The van der Waals surface area contributed by atoms with Crippen LogP contribution in [0, 0.1) is 5.41 Å². The van der Waals surface area contributed by atoms with Crippen molar-refractivity contribution < 1.29 is 14.3 Å². The Morgan fingerprint density at radius 1 is 1.08 bits per heavy atom. The lowest BCUT2D eigenvalue weighted by atomic mass is 9.68. The largest absolute Gasteiger partial charge is 0.458 e. The topological polar surface area (TPSA) is 43.4 Å². The van der Waals surface area contributed by atoms with Crippen LogP contribution in [-0.2, 0) is 14.3 Å². The van der Waals surface area contributed by atoms with Gasteiger partial charge in [0, 0.05) is 6.42 Å². The molecule has 1 heterocycles.